The van der Waals surface area contributed by atoms with Crippen LogP contribution in [0.4, 0.5) is 5.69 Å². The van der Waals surface area contributed by atoms with Gasteiger partial charge in [0, 0.05) is 23.4 Å². The predicted molar refractivity (Wildman–Crippen MR) is 105 cm³/mol. The SMILES string of the molecule is Cl.Nc1cccc(C(=O)N2CCCCC2c2nc(-c3ccccc3)no2)c1. The molecule has 1 aromatic heterocycles. The number of anilines is 1. The summed E-state index contributed by atoms with van der Waals surface area (Å²) in [5, 5.41) is 4.10. The molecular weight excluding hydrogens is 364 g/mol. The Morgan fingerprint density at radius 3 is 2.70 bits per heavy atom. The van der Waals surface area contributed by atoms with Crippen LogP contribution in [0.3, 0.4) is 0 Å². The molecule has 2 N–H and O–H groups in total. The average Bonchev–Trinajstić information content (AvgIpc) is 3.18. The molecule has 6 nitrogen and oxygen atoms in total. The molecule has 0 spiro atoms. The number of amides is 1. The largest absolute Gasteiger partial charge is 0.399 e. The van der Waals surface area contributed by atoms with E-state index in [0.717, 1.165) is 24.8 Å². The Morgan fingerprint density at radius 2 is 1.93 bits per heavy atom. The zero-order valence-corrected chi connectivity index (χ0v) is 15.6. The number of rotatable bonds is 3. The maximum Gasteiger partial charge on any atom is 0.254 e. The zero-order chi connectivity index (χ0) is 17.9. The number of carbonyl (C=O) groups excluding carboxylic acids is 1. The molecule has 0 saturated carbocycles. The fraction of sp³-hybridized carbons (Fsp3) is 0.250. The third kappa shape index (κ3) is 3.95. The van der Waals surface area contributed by atoms with Crippen LogP contribution in [0.1, 0.15) is 41.6 Å². The Labute approximate surface area is 163 Å². The van der Waals surface area contributed by atoms with Crippen molar-refractivity contribution in [1.29, 1.82) is 0 Å². The molecule has 7 heteroatoms. The summed E-state index contributed by atoms with van der Waals surface area (Å²) < 4.78 is 5.52. The van der Waals surface area contributed by atoms with Crippen LogP contribution < -0.4 is 5.73 Å². The summed E-state index contributed by atoms with van der Waals surface area (Å²) in [5.74, 6) is 0.977. The van der Waals surface area contributed by atoms with E-state index in [9.17, 15) is 4.79 Å². The van der Waals surface area contributed by atoms with Crippen LogP contribution >= 0.6 is 12.4 Å². The third-order valence-corrected chi connectivity index (χ3v) is 4.66. The normalized spacial score (nSPS) is 16.6. The standard InChI is InChI=1S/C20H20N4O2.ClH/c21-16-10-6-9-15(13-16)20(25)24-12-5-4-11-17(24)19-22-18(23-26-19)14-7-2-1-3-8-14;/h1-3,6-10,13,17H,4-5,11-12,21H2;1H. The van der Waals surface area contributed by atoms with Gasteiger partial charge >= 0.3 is 0 Å². The molecule has 1 fully saturated rings. The van der Waals surface area contributed by atoms with Crippen LogP contribution in [0, 0.1) is 0 Å². The lowest BCUT2D eigenvalue weighted by atomic mass is 10.0. The van der Waals surface area contributed by atoms with Gasteiger partial charge in [0.1, 0.15) is 6.04 Å². The van der Waals surface area contributed by atoms with E-state index in [1.54, 1.807) is 24.3 Å². The molecular formula is C20H21ClN4O2. The maximum absolute atomic E-state index is 13.0. The number of nitrogens with zero attached hydrogens (tertiary/aromatic N) is 3. The second kappa shape index (κ2) is 8.22. The van der Waals surface area contributed by atoms with Gasteiger partial charge in [-0.1, -0.05) is 41.6 Å². The topological polar surface area (TPSA) is 85.3 Å². The molecule has 3 aromatic rings. The first-order chi connectivity index (χ1) is 12.7. The number of hydrogen-bond acceptors (Lipinski definition) is 5. The molecule has 0 bridgehead atoms. The monoisotopic (exact) mass is 384 g/mol. The molecule has 0 radical (unpaired) electrons. The summed E-state index contributed by atoms with van der Waals surface area (Å²) in [6.45, 7) is 0.668. The van der Waals surface area contributed by atoms with Crippen molar-refractivity contribution in [1.82, 2.24) is 15.0 Å². The number of likely N-dealkylation sites (tertiary alicyclic amines) is 1. The van der Waals surface area contributed by atoms with E-state index in [1.807, 2.05) is 35.2 Å². The van der Waals surface area contributed by atoms with Crippen molar-refractivity contribution in [3.63, 3.8) is 0 Å². The number of nitrogens with two attached hydrogens (primary N) is 1. The van der Waals surface area contributed by atoms with Crippen molar-refractivity contribution in [3.05, 3.63) is 66.1 Å². The predicted octanol–water partition coefficient (Wildman–Crippen LogP) is 4.11. The zero-order valence-electron chi connectivity index (χ0n) is 14.7. The lowest BCUT2D eigenvalue weighted by Gasteiger charge is -2.33. The van der Waals surface area contributed by atoms with E-state index >= 15 is 0 Å². The first-order valence-corrected chi connectivity index (χ1v) is 8.78. The van der Waals surface area contributed by atoms with Gasteiger partial charge in [-0.05, 0) is 37.5 Å². The number of nitrogen functional groups attached to an aromatic ring is 1. The number of hydrogen-bond donors (Lipinski definition) is 1. The maximum atomic E-state index is 13.0. The molecule has 2 heterocycles. The second-order valence-electron chi connectivity index (χ2n) is 6.46. The van der Waals surface area contributed by atoms with Crippen LogP contribution in [0.5, 0.6) is 0 Å². The second-order valence-corrected chi connectivity index (χ2v) is 6.46. The Hall–Kier alpha value is -2.86. The Kier molecular flexibility index (Phi) is 5.76. The summed E-state index contributed by atoms with van der Waals surface area (Å²) in [5.41, 5.74) is 7.88. The molecule has 1 atom stereocenters. The van der Waals surface area contributed by atoms with Crippen LogP contribution in [0.15, 0.2) is 59.1 Å². The minimum absolute atomic E-state index is 0. The van der Waals surface area contributed by atoms with Gasteiger partial charge < -0.3 is 15.2 Å². The van der Waals surface area contributed by atoms with E-state index < -0.39 is 0 Å². The van der Waals surface area contributed by atoms with Crippen molar-refractivity contribution in [2.75, 3.05) is 12.3 Å². The highest BCUT2D eigenvalue weighted by molar-refractivity contribution is 5.95. The van der Waals surface area contributed by atoms with Crippen molar-refractivity contribution in [2.24, 2.45) is 0 Å². The van der Waals surface area contributed by atoms with E-state index in [1.165, 1.54) is 0 Å². The Balaban J connectivity index is 0.00000210. The average molecular weight is 385 g/mol. The summed E-state index contributed by atoms with van der Waals surface area (Å²) in [6.07, 6.45) is 2.79. The highest BCUT2D eigenvalue weighted by atomic mass is 35.5. The van der Waals surface area contributed by atoms with Gasteiger partial charge in [0.15, 0.2) is 0 Å². The van der Waals surface area contributed by atoms with Gasteiger partial charge in [0.2, 0.25) is 11.7 Å². The molecule has 27 heavy (non-hydrogen) atoms. The first kappa shape index (κ1) is 18.9. The highest BCUT2D eigenvalue weighted by Gasteiger charge is 2.32. The van der Waals surface area contributed by atoms with Crippen molar-refractivity contribution >= 4 is 24.0 Å². The van der Waals surface area contributed by atoms with E-state index in [-0.39, 0.29) is 24.4 Å². The summed E-state index contributed by atoms with van der Waals surface area (Å²) in [7, 11) is 0. The number of carbonyl (C=O) groups is 1. The van der Waals surface area contributed by atoms with Crippen LogP contribution in [-0.4, -0.2) is 27.5 Å². The smallest absolute Gasteiger partial charge is 0.254 e. The summed E-state index contributed by atoms with van der Waals surface area (Å²) in [6, 6.07) is 16.5. The number of benzene rings is 2. The van der Waals surface area contributed by atoms with Gasteiger partial charge in [-0.2, -0.15) is 4.98 Å². The number of piperidine rings is 1. The molecule has 1 amide bonds. The molecule has 4 rings (SSSR count). The number of halogens is 1. The molecule has 2 aromatic carbocycles. The van der Waals surface area contributed by atoms with Gasteiger partial charge in [0.25, 0.3) is 5.91 Å². The Bertz CT molecular complexity index is 913. The van der Waals surface area contributed by atoms with E-state index in [0.29, 0.717) is 29.5 Å². The molecule has 1 aliphatic rings. The van der Waals surface area contributed by atoms with Gasteiger partial charge in [-0.15, -0.1) is 12.4 Å². The third-order valence-electron chi connectivity index (χ3n) is 4.66. The van der Waals surface area contributed by atoms with Crippen molar-refractivity contribution < 1.29 is 9.32 Å². The Morgan fingerprint density at radius 1 is 1.11 bits per heavy atom. The van der Waals surface area contributed by atoms with Crippen molar-refractivity contribution in [2.45, 2.75) is 25.3 Å². The van der Waals surface area contributed by atoms with Crippen LogP contribution in [0.2, 0.25) is 0 Å². The van der Waals surface area contributed by atoms with Gasteiger partial charge in [-0.25, -0.2) is 0 Å². The first-order valence-electron chi connectivity index (χ1n) is 8.78. The fourth-order valence-electron chi connectivity index (χ4n) is 3.34. The molecule has 1 saturated heterocycles. The van der Waals surface area contributed by atoms with Crippen LogP contribution in [0.25, 0.3) is 11.4 Å². The minimum Gasteiger partial charge on any atom is -0.399 e. The van der Waals surface area contributed by atoms with Gasteiger partial charge in [-0.3, -0.25) is 4.79 Å². The minimum atomic E-state index is -0.206. The molecule has 140 valence electrons. The summed E-state index contributed by atoms with van der Waals surface area (Å²) >= 11 is 0. The quantitative estimate of drug-likeness (QED) is 0.687. The molecule has 0 aliphatic carbocycles. The molecule has 1 unspecified atom stereocenters. The molecule has 1 aliphatic heterocycles. The summed E-state index contributed by atoms with van der Waals surface area (Å²) in [4.78, 5) is 19.4. The highest BCUT2D eigenvalue weighted by Crippen LogP contribution is 2.32. The lowest BCUT2D eigenvalue weighted by Crippen LogP contribution is -2.38. The van der Waals surface area contributed by atoms with E-state index in [4.69, 9.17) is 10.3 Å². The van der Waals surface area contributed by atoms with Crippen molar-refractivity contribution in [3.8, 4) is 11.4 Å². The number of aromatic nitrogens is 2. The van der Waals surface area contributed by atoms with Crippen LogP contribution in [-0.2, 0) is 0 Å². The lowest BCUT2D eigenvalue weighted by molar-refractivity contribution is 0.0561. The van der Waals surface area contributed by atoms with E-state index in [2.05, 4.69) is 10.1 Å². The fourth-order valence-corrected chi connectivity index (χ4v) is 3.34. The van der Waals surface area contributed by atoms with Gasteiger partial charge in [0.05, 0.1) is 0 Å².